The number of carbonyl (C=O) groups excluding carboxylic acids is 1. The first-order valence-corrected chi connectivity index (χ1v) is 4.22. The smallest absolute Gasteiger partial charge is 0.251 e. The molecule has 5 nitrogen and oxygen atoms in total. The minimum Gasteiger partial charge on any atom is -0.475 e. The fourth-order valence-electron chi connectivity index (χ4n) is 0.966. The van der Waals surface area contributed by atoms with Gasteiger partial charge in [0, 0.05) is 6.07 Å². The maximum absolute atomic E-state index is 10.9. The van der Waals surface area contributed by atoms with E-state index in [4.69, 9.17) is 16.2 Å². The molecule has 0 spiro atoms. The van der Waals surface area contributed by atoms with Gasteiger partial charge >= 0.3 is 0 Å². The van der Waals surface area contributed by atoms with Crippen LogP contribution in [-0.2, 0) is 0 Å². The zero-order valence-electron chi connectivity index (χ0n) is 8.15. The van der Waals surface area contributed by atoms with Gasteiger partial charge in [-0.15, -0.1) is 0 Å². The van der Waals surface area contributed by atoms with Crippen LogP contribution in [0.4, 0.5) is 5.69 Å². The Kier molecular flexibility index (Phi) is 2.91. The molecule has 76 valence electrons. The summed E-state index contributed by atoms with van der Waals surface area (Å²) in [6.45, 7) is 3.73. The molecule has 0 aliphatic carbocycles. The Labute approximate surface area is 82.1 Å². The highest BCUT2D eigenvalue weighted by Gasteiger charge is 2.09. The number of hydrogen-bond donors (Lipinski definition) is 2. The number of pyridine rings is 1. The lowest BCUT2D eigenvalue weighted by Gasteiger charge is -2.09. The van der Waals surface area contributed by atoms with Crippen LogP contribution < -0.4 is 16.2 Å². The van der Waals surface area contributed by atoms with Crippen LogP contribution in [0.1, 0.15) is 24.2 Å². The highest BCUT2D eigenvalue weighted by Crippen LogP contribution is 2.16. The number of ether oxygens (including phenoxy) is 1. The highest BCUT2D eigenvalue weighted by atomic mass is 16.5. The van der Waals surface area contributed by atoms with Crippen LogP contribution in [0.5, 0.6) is 5.88 Å². The fourth-order valence-corrected chi connectivity index (χ4v) is 0.966. The number of anilines is 1. The second-order valence-electron chi connectivity index (χ2n) is 3.14. The molecule has 0 atom stereocenters. The summed E-state index contributed by atoms with van der Waals surface area (Å²) >= 11 is 0. The summed E-state index contributed by atoms with van der Waals surface area (Å²) in [5.41, 5.74) is 11.1. The number of aromatic nitrogens is 1. The fraction of sp³-hybridized carbons (Fsp3) is 0.333. The Hall–Kier alpha value is -1.78. The number of rotatable bonds is 3. The van der Waals surface area contributed by atoms with Crippen LogP contribution in [0.3, 0.4) is 0 Å². The van der Waals surface area contributed by atoms with Crippen LogP contribution in [0, 0.1) is 0 Å². The molecule has 5 heteroatoms. The van der Waals surface area contributed by atoms with E-state index >= 15 is 0 Å². The molecule has 1 rings (SSSR count). The average molecular weight is 195 g/mol. The monoisotopic (exact) mass is 195 g/mol. The van der Waals surface area contributed by atoms with E-state index < -0.39 is 5.91 Å². The molecule has 14 heavy (non-hydrogen) atoms. The van der Waals surface area contributed by atoms with Crippen LogP contribution in [-0.4, -0.2) is 17.0 Å². The third-order valence-corrected chi connectivity index (χ3v) is 1.53. The topological polar surface area (TPSA) is 91.2 Å². The van der Waals surface area contributed by atoms with Crippen molar-refractivity contribution in [1.82, 2.24) is 4.98 Å². The van der Waals surface area contributed by atoms with Gasteiger partial charge in [0.05, 0.1) is 23.6 Å². The van der Waals surface area contributed by atoms with Crippen molar-refractivity contribution < 1.29 is 9.53 Å². The molecule has 0 radical (unpaired) electrons. The first-order valence-electron chi connectivity index (χ1n) is 4.22. The maximum Gasteiger partial charge on any atom is 0.251 e. The number of carbonyl (C=O) groups is 1. The SMILES string of the molecule is CC(C)Oc1cc(C(N)=O)c(N)cn1. The molecular weight excluding hydrogens is 182 g/mol. The lowest BCUT2D eigenvalue weighted by atomic mass is 10.2. The molecule has 0 unspecified atom stereocenters. The number of amides is 1. The van der Waals surface area contributed by atoms with Gasteiger partial charge in [0.1, 0.15) is 0 Å². The van der Waals surface area contributed by atoms with E-state index in [1.54, 1.807) is 0 Å². The summed E-state index contributed by atoms with van der Waals surface area (Å²) in [6, 6.07) is 1.44. The third kappa shape index (κ3) is 2.35. The molecule has 0 aliphatic rings. The van der Waals surface area contributed by atoms with Crippen molar-refractivity contribution in [2.45, 2.75) is 20.0 Å². The van der Waals surface area contributed by atoms with Gasteiger partial charge in [-0.2, -0.15) is 0 Å². The van der Waals surface area contributed by atoms with Gasteiger partial charge in [-0.1, -0.05) is 0 Å². The van der Waals surface area contributed by atoms with Crippen LogP contribution in [0.25, 0.3) is 0 Å². The summed E-state index contributed by atoms with van der Waals surface area (Å²) in [5, 5.41) is 0. The van der Waals surface area contributed by atoms with Crippen LogP contribution >= 0.6 is 0 Å². The maximum atomic E-state index is 10.9. The van der Waals surface area contributed by atoms with E-state index in [2.05, 4.69) is 4.98 Å². The van der Waals surface area contributed by atoms with E-state index in [1.807, 2.05) is 13.8 Å². The summed E-state index contributed by atoms with van der Waals surface area (Å²) in [4.78, 5) is 14.8. The Morgan fingerprint density at radius 2 is 2.21 bits per heavy atom. The van der Waals surface area contributed by atoms with Gasteiger partial charge in [-0.25, -0.2) is 4.98 Å². The minimum atomic E-state index is -0.585. The second-order valence-corrected chi connectivity index (χ2v) is 3.14. The van der Waals surface area contributed by atoms with Crippen molar-refractivity contribution in [3.05, 3.63) is 17.8 Å². The molecular formula is C9H13N3O2. The van der Waals surface area contributed by atoms with Gasteiger partial charge in [-0.3, -0.25) is 4.79 Å². The Bertz CT molecular complexity index is 350. The molecule has 0 saturated heterocycles. The standard InChI is InChI=1S/C9H13N3O2/c1-5(2)14-8-3-6(9(11)13)7(10)4-12-8/h3-5H,10H2,1-2H3,(H2,11,13). The van der Waals surface area contributed by atoms with Crippen molar-refractivity contribution in [2.24, 2.45) is 5.73 Å². The summed E-state index contributed by atoms with van der Waals surface area (Å²) in [5.74, 6) is -0.235. The van der Waals surface area contributed by atoms with Crippen LogP contribution in [0.15, 0.2) is 12.3 Å². The van der Waals surface area contributed by atoms with Gasteiger partial charge in [0.25, 0.3) is 5.91 Å². The van der Waals surface area contributed by atoms with Crippen molar-refractivity contribution in [1.29, 1.82) is 0 Å². The van der Waals surface area contributed by atoms with Crippen molar-refractivity contribution in [3.63, 3.8) is 0 Å². The van der Waals surface area contributed by atoms with E-state index in [0.717, 1.165) is 0 Å². The lowest BCUT2D eigenvalue weighted by Crippen LogP contribution is -2.15. The lowest BCUT2D eigenvalue weighted by molar-refractivity contribution is 0.1000. The van der Waals surface area contributed by atoms with Gasteiger partial charge in [0.15, 0.2) is 0 Å². The number of nitrogens with two attached hydrogens (primary N) is 2. The van der Waals surface area contributed by atoms with Crippen molar-refractivity contribution >= 4 is 11.6 Å². The Morgan fingerprint density at radius 3 is 2.71 bits per heavy atom. The Morgan fingerprint density at radius 1 is 1.57 bits per heavy atom. The van der Waals surface area contributed by atoms with E-state index in [-0.39, 0.29) is 17.4 Å². The van der Waals surface area contributed by atoms with Crippen molar-refractivity contribution in [2.75, 3.05) is 5.73 Å². The third-order valence-electron chi connectivity index (χ3n) is 1.53. The summed E-state index contributed by atoms with van der Waals surface area (Å²) < 4.78 is 5.29. The van der Waals surface area contributed by atoms with Crippen molar-refractivity contribution in [3.8, 4) is 5.88 Å². The molecule has 1 amide bonds. The summed E-state index contributed by atoms with van der Waals surface area (Å²) in [7, 11) is 0. The predicted molar refractivity (Wildman–Crippen MR) is 52.9 cm³/mol. The van der Waals surface area contributed by atoms with Gasteiger partial charge < -0.3 is 16.2 Å². The minimum absolute atomic E-state index is 0.00755. The largest absolute Gasteiger partial charge is 0.475 e. The zero-order chi connectivity index (χ0) is 10.7. The average Bonchev–Trinajstić information content (AvgIpc) is 2.07. The number of primary amides is 1. The summed E-state index contributed by atoms with van der Waals surface area (Å²) in [6.07, 6.45) is 1.35. The number of nitrogens with zero attached hydrogens (tertiary/aromatic N) is 1. The molecule has 0 bridgehead atoms. The molecule has 1 aromatic rings. The van der Waals surface area contributed by atoms with Gasteiger partial charge in [-0.05, 0) is 13.8 Å². The number of hydrogen-bond acceptors (Lipinski definition) is 4. The van der Waals surface area contributed by atoms with E-state index in [0.29, 0.717) is 5.88 Å². The molecule has 1 heterocycles. The van der Waals surface area contributed by atoms with E-state index in [1.165, 1.54) is 12.3 Å². The van der Waals surface area contributed by atoms with Crippen LogP contribution in [0.2, 0.25) is 0 Å². The molecule has 0 aromatic carbocycles. The van der Waals surface area contributed by atoms with Gasteiger partial charge in [0.2, 0.25) is 5.88 Å². The normalized spacial score (nSPS) is 10.2. The molecule has 0 aliphatic heterocycles. The molecule has 1 aromatic heterocycles. The first-order chi connectivity index (χ1) is 6.50. The number of nitrogen functional groups attached to an aromatic ring is 1. The quantitative estimate of drug-likeness (QED) is 0.736. The predicted octanol–water partition coefficient (Wildman–Crippen LogP) is 0.550. The molecule has 0 saturated carbocycles. The Balaban J connectivity index is 3.00. The van der Waals surface area contributed by atoms with E-state index in [9.17, 15) is 4.79 Å². The second kappa shape index (κ2) is 3.95. The highest BCUT2D eigenvalue weighted by molar-refractivity contribution is 5.97. The zero-order valence-corrected chi connectivity index (χ0v) is 8.15. The molecule has 4 N–H and O–H groups in total. The first kappa shape index (κ1) is 10.3. The molecule has 0 fully saturated rings.